The first-order valence-electron chi connectivity index (χ1n) is 5.79. The van der Waals surface area contributed by atoms with Crippen LogP contribution in [0, 0.1) is 10.5 Å². The molecule has 1 aromatic rings. The number of aryl methyl sites for hydroxylation is 1. The Morgan fingerprint density at radius 3 is 2.71 bits per heavy atom. The molecule has 2 N–H and O–H groups in total. The van der Waals surface area contributed by atoms with Crippen LogP contribution in [-0.4, -0.2) is 25.0 Å². The van der Waals surface area contributed by atoms with Crippen molar-refractivity contribution >= 4 is 28.5 Å². The van der Waals surface area contributed by atoms with Crippen LogP contribution in [0.4, 0.5) is 0 Å². The predicted octanol–water partition coefficient (Wildman–Crippen LogP) is 2.33. The quantitative estimate of drug-likeness (QED) is 0.635. The molecule has 0 saturated heterocycles. The Labute approximate surface area is 117 Å². The van der Waals surface area contributed by atoms with Crippen LogP contribution in [0.25, 0.3) is 0 Å². The zero-order valence-electron chi connectivity index (χ0n) is 10.5. The van der Waals surface area contributed by atoms with Crippen molar-refractivity contribution in [2.45, 2.75) is 26.8 Å². The Balaban J connectivity index is 2.50. The van der Waals surface area contributed by atoms with E-state index >= 15 is 0 Å². The maximum Gasteiger partial charge on any atom is 0.252 e. The van der Waals surface area contributed by atoms with Crippen LogP contribution in [-0.2, 0) is 0 Å². The summed E-state index contributed by atoms with van der Waals surface area (Å²) >= 11 is 2.22. The Kier molecular flexibility index (Phi) is 5.91. The van der Waals surface area contributed by atoms with Gasteiger partial charge in [-0.1, -0.05) is 26.0 Å². The molecule has 0 radical (unpaired) electrons. The van der Waals surface area contributed by atoms with Gasteiger partial charge < -0.3 is 10.6 Å². The number of benzene rings is 1. The largest absolute Gasteiger partial charge is 0.351 e. The summed E-state index contributed by atoms with van der Waals surface area (Å²) in [5.41, 5.74) is 1.90. The van der Waals surface area contributed by atoms with Gasteiger partial charge in [0.05, 0.1) is 5.56 Å². The van der Waals surface area contributed by atoms with Crippen LogP contribution in [0.2, 0.25) is 0 Å². The molecule has 1 rings (SSSR count). The van der Waals surface area contributed by atoms with Gasteiger partial charge in [0.1, 0.15) is 0 Å². The minimum atomic E-state index is 0.00339. The van der Waals surface area contributed by atoms with Gasteiger partial charge in [-0.15, -0.1) is 0 Å². The van der Waals surface area contributed by atoms with Gasteiger partial charge >= 0.3 is 0 Å². The SMILES string of the molecule is Cc1cccc(C(=O)NCCNC(C)C)c1I. The number of carbonyl (C=O) groups excluding carboxylic acids is 1. The molecule has 0 aliphatic carbocycles. The van der Waals surface area contributed by atoms with E-state index in [1.807, 2.05) is 25.1 Å². The minimum Gasteiger partial charge on any atom is -0.351 e. The number of halogens is 1. The van der Waals surface area contributed by atoms with Gasteiger partial charge in [-0.3, -0.25) is 4.79 Å². The molecule has 0 aliphatic rings. The number of rotatable bonds is 5. The van der Waals surface area contributed by atoms with Crippen LogP contribution in [0.1, 0.15) is 29.8 Å². The van der Waals surface area contributed by atoms with Crippen LogP contribution < -0.4 is 10.6 Å². The standard InChI is InChI=1S/C13H19IN2O/c1-9(2)15-7-8-16-13(17)11-6-4-5-10(3)12(11)14/h4-6,9,15H,7-8H2,1-3H3,(H,16,17). The van der Waals surface area contributed by atoms with Crippen molar-refractivity contribution in [3.05, 3.63) is 32.9 Å². The number of amides is 1. The fourth-order valence-corrected chi connectivity index (χ4v) is 2.06. The normalized spacial score (nSPS) is 10.6. The molecule has 0 aliphatic heterocycles. The molecule has 0 fully saturated rings. The van der Waals surface area contributed by atoms with Gasteiger partial charge in [0.25, 0.3) is 5.91 Å². The third-order valence-corrected chi connectivity index (χ3v) is 3.83. The van der Waals surface area contributed by atoms with Crippen LogP contribution >= 0.6 is 22.6 Å². The molecule has 0 spiro atoms. The Hall–Kier alpha value is -0.620. The molecule has 1 amide bonds. The smallest absolute Gasteiger partial charge is 0.252 e. The number of carbonyl (C=O) groups is 1. The maximum atomic E-state index is 11.9. The Morgan fingerprint density at radius 2 is 2.06 bits per heavy atom. The van der Waals surface area contributed by atoms with E-state index in [2.05, 4.69) is 47.1 Å². The average Bonchev–Trinajstić information content (AvgIpc) is 2.27. The van der Waals surface area contributed by atoms with Crippen molar-refractivity contribution in [2.24, 2.45) is 0 Å². The van der Waals surface area contributed by atoms with E-state index in [0.717, 1.165) is 21.2 Å². The Bertz CT molecular complexity index is 391. The predicted molar refractivity (Wildman–Crippen MR) is 79.4 cm³/mol. The highest BCUT2D eigenvalue weighted by Gasteiger charge is 2.10. The lowest BCUT2D eigenvalue weighted by atomic mass is 10.1. The average molecular weight is 346 g/mol. The monoisotopic (exact) mass is 346 g/mol. The summed E-state index contributed by atoms with van der Waals surface area (Å²) in [5.74, 6) is 0.00339. The molecule has 0 bridgehead atoms. The molecule has 4 heteroatoms. The molecular formula is C13H19IN2O. The van der Waals surface area contributed by atoms with E-state index in [-0.39, 0.29) is 5.91 Å². The van der Waals surface area contributed by atoms with Crippen molar-refractivity contribution in [1.82, 2.24) is 10.6 Å². The van der Waals surface area contributed by atoms with Gasteiger partial charge in [0.15, 0.2) is 0 Å². The summed E-state index contributed by atoms with van der Waals surface area (Å²) in [4.78, 5) is 11.9. The van der Waals surface area contributed by atoms with E-state index in [1.165, 1.54) is 0 Å². The molecule has 1 aromatic carbocycles. The topological polar surface area (TPSA) is 41.1 Å². The molecule has 3 nitrogen and oxygen atoms in total. The first-order valence-corrected chi connectivity index (χ1v) is 6.87. The second kappa shape index (κ2) is 6.96. The summed E-state index contributed by atoms with van der Waals surface area (Å²) in [6.07, 6.45) is 0. The zero-order chi connectivity index (χ0) is 12.8. The van der Waals surface area contributed by atoms with Crippen molar-refractivity contribution < 1.29 is 4.79 Å². The second-order valence-electron chi connectivity index (χ2n) is 4.30. The summed E-state index contributed by atoms with van der Waals surface area (Å²) in [5, 5.41) is 6.18. The summed E-state index contributed by atoms with van der Waals surface area (Å²) < 4.78 is 1.03. The van der Waals surface area contributed by atoms with Gasteiger partial charge in [-0.05, 0) is 41.1 Å². The lowest BCUT2D eigenvalue weighted by molar-refractivity contribution is 0.0952. The fourth-order valence-electron chi connectivity index (χ4n) is 1.45. The maximum absolute atomic E-state index is 11.9. The van der Waals surface area contributed by atoms with E-state index < -0.39 is 0 Å². The number of hydrogen-bond donors (Lipinski definition) is 2. The molecule has 0 atom stereocenters. The molecule has 94 valence electrons. The summed E-state index contributed by atoms with van der Waals surface area (Å²) in [7, 11) is 0. The lowest BCUT2D eigenvalue weighted by Gasteiger charge is -2.10. The van der Waals surface area contributed by atoms with Gasteiger partial charge in [0, 0.05) is 22.7 Å². The zero-order valence-corrected chi connectivity index (χ0v) is 12.7. The molecular weight excluding hydrogens is 327 g/mol. The summed E-state index contributed by atoms with van der Waals surface area (Å²) in [6, 6.07) is 6.24. The van der Waals surface area contributed by atoms with E-state index in [0.29, 0.717) is 12.6 Å². The Morgan fingerprint density at radius 1 is 1.35 bits per heavy atom. The van der Waals surface area contributed by atoms with Gasteiger partial charge in [-0.2, -0.15) is 0 Å². The third kappa shape index (κ3) is 4.63. The number of nitrogens with one attached hydrogen (secondary N) is 2. The molecule has 17 heavy (non-hydrogen) atoms. The highest BCUT2D eigenvalue weighted by molar-refractivity contribution is 14.1. The molecule has 0 unspecified atom stereocenters. The second-order valence-corrected chi connectivity index (χ2v) is 5.38. The van der Waals surface area contributed by atoms with Crippen LogP contribution in [0.15, 0.2) is 18.2 Å². The van der Waals surface area contributed by atoms with Crippen molar-refractivity contribution in [3.63, 3.8) is 0 Å². The molecule has 0 heterocycles. The third-order valence-electron chi connectivity index (χ3n) is 2.40. The first-order chi connectivity index (χ1) is 8.02. The van der Waals surface area contributed by atoms with Crippen molar-refractivity contribution in [2.75, 3.05) is 13.1 Å². The highest BCUT2D eigenvalue weighted by atomic mass is 127. The van der Waals surface area contributed by atoms with E-state index in [1.54, 1.807) is 0 Å². The fraction of sp³-hybridized carbons (Fsp3) is 0.462. The number of hydrogen-bond acceptors (Lipinski definition) is 2. The van der Waals surface area contributed by atoms with Crippen LogP contribution in [0.5, 0.6) is 0 Å². The minimum absolute atomic E-state index is 0.00339. The first kappa shape index (κ1) is 14.4. The van der Waals surface area contributed by atoms with E-state index in [4.69, 9.17) is 0 Å². The summed E-state index contributed by atoms with van der Waals surface area (Å²) in [6.45, 7) is 7.64. The van der Waals surface area contributed by atoms with Gasteiger partial charge in [0.2, 0.25) is 0 Å². The van der Waals surface area contributed by atoms with Crippen LogP contribution in [0.3, 0.4) is 0 Å². The van der Waals surface area contributed by atoms with Crippen molar-refractivity contribution in [3.8, 4) is 0 Å². The molecule has 0 saturated carbocycles. The van der Waals surface area contributed by atoms with Gasteiger partial charge in [-0.25, -0.2) is 0 Å². The highest BCUT2D eigenvalue weighted by Crippen LogP contribution is 2.16. The van der Waals surface area contributed by atoms with Crippen molar-refractivity contribution in [1.29, 1.82) is 0 Å². The van der Waals surface area contributed by atoms with E-state index in [9.17, 15) is 4.79 Å². The lowest BCUT2D eigenvalue weighted by Crippen LogP contribution is -2.34. The molecule has 0 aromatic heterocycles.